The van der Waals surface area contributed by atoms with Crippen LogP contribution in [0.25, 0.3) is 0 Å². The molecule has 4 aliphatic heterocycles. The first-order chi connectivity index (χ1) is 15.6. The Hall–Kier alpha value is -1.75. The monoisotopic (exact) mass is 469 g/mol. The number of aliphatic carboxylic acids is 1. The molecule has 0 aromatic rings. The fourth-order valence-corrected chi connectivity index (χ4v) is 5.97. The molecule has 1 saturated carbocycles. The minimum absolute atomic E-state index is 0.0153. The van der Waals surface area contributed by atoms with Crippen molar-refractivity contribution in [3.05, 3.63) is 0 Å². The predicted octanol–water partition coefficient (Wildman–Crippen LogP) is 2.50. The van der Waals surface area contributed by atoms with E-state index in [0.29, 0.717) is 18.8 Å². The zero-order chi connectivity index (χ0) is 23.8. The van der Waals surface area contributed by atoms with E-state index in [4.69, 9.17) is 29.1 Å². The maximum atomic E-state index is 12.5. The van der Waals surface area contributed by atoms with Crippen LogP contribution in [-0.4, -0.2) is 53.5 Å². The highest BCUT2D eigenvalue weighted by Gasteiger charge is 2.69. The molecular formula is C23H35NO9. The number of ether oxygens (including phenoxy) is 3. The normalized spacial score (nSPS) is 41.5. The van der Waals surface area contributed by atoms with Crippen molar-refractivity contribution in [1.29, 1.82) is 0 Å². The molecule has 33 heavy (non-hydrogen) atoms. The highest BCUT2D eigenvalue weighted by atomic mass is 17.3. The molecular weight excluding hydrogens is 434 g/mol. The molecule has 5 aliphatic rings. The summed E-state index contributed by atoms with van der Waals surface area (Å²) in [5.74, 6) is -2.05. The van der Waals surface area contributed by atoms with Crippen molar-refractivity contribution in [2.45, 2.75) is 96.1 Å². The number of carbonyl (C=O) groups is 3. The van der Waals surface area contributed by atoms with E-state index in [0.717, 1.165) is 19.3 Å². The van der Waals surface area contributed by atoms with Crippen LogP contribution < -0.4 is 5.32 Å². The second-order valence-electron chi connectivity index (χ2n) is 10.1. The molecule has 2 bridgehead atoms. The molecule has 186 valence electrons. The first kappa shape index (κ1) is 24.4. The molecule has 5 fully saturated rings. The largest absolute Gasteiger partial charge is 0.481 e. The van der Waals surface area contributed by atoms with Gasteiger partial charge in [0.05, 0.1) is 6.42 Å². The number of amides is 1. The van der Waals surface area contributed by atoms with Crippen molar-refractivity contribution in [2.24, 2.45) is 23.7 Å². The first-order valence-corrected chi connectivity index (χ1v) is 12.0. The van der Waals surface area contributed by atoms with Crippen molar-refractivity contribution in [3.63, 3.8) is 0 Å². The second kappa shape index (κ2) is 9.48. The molecule has 0 aromatic carbocycles. The molecule has 2 N–H and O–H groups in total. The molecule has 1 amide bonds. The zero-order valence-corrected chi connectivity index (χ0v) is 19.5. The Labute approximate surface area is 193 Å². The summed E-state index contributed by atoms with van der Waals surface area (Å²) in [6.45, 7) is 6.33. The molecule has 10 heteroatoms. The van der Waals surface area contributed by atoms with Gasteiger partial charge in [-0.05, 0) is 44.4 Å². The average Bonchev–Trinajstić information content (AvgIpc) is 2.99. The van der Waals surface area contributed by atoms with Gasteiger partial charge in [-0.25, -0.2) is 9.78 Å². The van der Waals surface area contributed by atoms with E-state index < -0.39 is 35.9 Å². The summed E-state index contributed by atoms with van der Waals surface area (Å²) < 4.78 is 18.1. The minimum atomic E-state index is -0.910. The highest BCUT2D eigenvalue weighted by Crippen LogP contribution is 2.60. The van der Waals surface area contributed by atoms with Gasteiger partial charge >= 0.3 is 11.9 Å². The van der Waals surface area contributed by atoms with Crippen LogP contribution in [0.2, 0.25) is 0 Å². The molecule has 0 unspecified atom stereocenters. The van der Waals surface area contributed by atoms with Gasteiger partial charge in [0.15, 0.2) is 11.9 Å². The standard InChI is InChI=1S/C23H35NO9/c1-13-6-7-16-14(2)20(29-19(28)9-8-17(25)24-12-4-5-18(26)27)30-21-23(16)15(13)10-11-22(3,31-21)32-33-23/h13-16,20-21H,4-12H2,1-3H3,(H,24,25)(H,26,27)/t13-,14+,15+,16-,20-,21+,22-,23-/m1/s1. The van der Waals surface area contributed by atoms with Crippen LogP contribution in [-0.2, 0) is 38.4 Å². The van der Waals surface area contributed by atoms with Crippen molar-refractivity contribution in [1.82, 2.24) is 5.32 Å². The van der Waals surface area contributed by atoms with Crippen LogP contribution in [0.3, 0.4) is 0 Å². The lowest BCUT2D eigenvalue weighted by molar-refractivity contribution is -0.576. The summed E-state index contributed by atoms with van der Waals surface area (Å²) in [5.41, 5.74) is -0.716. The molecule has 10 nitrogen and oxygen atoms in total. The summed E-state index contributed by atoms with van der Waals surface area (Å²) in [6.07, 6.45) is 2.30. The number of rotatable bonds is 8. The van der Waals surface area contributed by atoms with Crippen molar-refractivity contribution in [2.75, 3.05) is 6.54 Å². The minimum Gasteiger partial charge on any atom is -0.481 e. The Morgan fingerprint density at radius 3 is 2.61 bits per heavy atom. The number of carbonyl (C=O) groups excluding carboxylic acids is 2. The van der Waals surface area contributed by atoms with E-state index >= 15 is 0 Å². The molecule has 1 spiro atoms. The van der Waals surface area contributed by atoms with Gasteiger partial charge in [0.1, 0.15) is 0 Å². The third kappa shape index (κ3) is 4.76. The quantitative estimate of drug-likeness (QED) is 0.313. The lowest BCUT2D eigenvalue weighted by Crippen LogP contribution is -2.70. The van der Waals surface area contributed by atoms with Gasteiger partial charge in [-0.3, -0.25) is 14.4 Å². The number of fused-ring (bicyclic) bond motifs is 2. The number of hydrogen-bond donors (Lipinski definition) is 2. The topological polar surface area (TPSA) is 130 Å². The van der Waals surface area contributed by atoms with Gasteiger partial charge in [0.2, 0.25) is 18.0 Å². The smallest absolute Gasteiger partial charge is 0.308 e. The summed E-state index contributed by atoms with van der Waals surface area (Å²) in [7, 11) is 0. The molecule has 1 aliphatic carbocycles. The maximum absolute atomic E-state index is 12.5. The van der Waals surface area contributed by atoms with Crippen LogP contribution >= 0.6 is 0 Å². The Morgan fingerprint density at radius 1 is 1.06 bits per heavy atom. The van der Waals surface area contributed by atoms with Gasteiger partial charge in [0, 0.05) is 37.6 Å². The van der Waals surface area contributed by atoms with E-state index in [2.05, 4.69) is 12.2 Å². The van der Waals surface area contributed by atoms with Crippen LogP contribution in [0.15, 0.2) is 0 Å². The summed E-state index contributed by atoms with van der Waals surface area (Å²) in [6, 6.07) is 0. The third-order valence-electron chi connectivity index (χ3n) is 7.79. The average molecular weight is 470 g/mol. The van der Waals surface area contributed by atoms with Crippen LogP contribution in [0.5, 0.6) is 0 Å². The van der Waals surface area contributed by atoms with Crippen molar-refractivity contribution >= 4 is 17.8 Å². The van der Waals surface area contributed by atoms with E-state index in [1.807, 2.05) is 13.8 Å². The Kier molecular flexibility index (Phi) is 7.00. The van der Waals surface area contributed by atoms with Crippen LogP contribution in [0.4, 0.5) is 0 Å². The second-order valence-corrected chi connectivity index (χ2v) is 10.1. The van der Waals surface area contributed by atoms with Crippen molar-refractivity contribution < 1.29 is 43.5 Å². The number of nitrogens with one attached hydrogen (secondary N) is 1. The van der Waals surface area contributed by atoms with E-state index in [-0.39, 0.29) is 49.5 Å². The predicted molar refractivity (Wildman–Crippen MR) is 112 cm³/mol. The Bertz CT molecular complexity index is 775. The lowest BCUT2D eigenvalue weighted by Gasteiger charge is -2.59. The van der Waals surface area contributed by atoms with E-state index in [1.54, 1.807) is 0 Å². The fourth-order valence-electron chi connectivity index (χ4n) is 5.97. The van der Waals surface area contributed by atoms with E-state index in [1.165, 1.54) is 0 Å². The van der Waals surface area contributed by atoms with E-state index in [9.17, 15) is 14.4 Å². The van der Waals surface area contributed by atoms with Crippen LogP contribution in [0.1, 0.15) is 72.1 Å². The molecule has 4 saturated heterocycles. The number of carboxylic acid groups (broad SMARTS) is 1. The number of carboxylic acids is 1. The SMILES string of the molecule is C[C@@H]1[C@H](OC(=O)CCC(=O)NCCCC(=O)O)O[C@H]2O[C@@]3(C)CC[C@H]4[C@H](C)CC[C@H]1[C@@]24OO3. The van der Waals surface area contributed by atoms with Crippen LogP contribution in [0, 0.1) is 23.7 Å². The Morgan fingerprint density at radius 2 is 1.85 bits per heavy atom. The molecule has 0 radical (unpaired) electrons. The molecule has 4 heterocycles. The fraction of sp³-hybridized carbons (Fsp3) is 0.870. The molecule has 8 atom stereocenters. The molecule has 0 aromatic heterocycles. The Balaban J connectivity index is 1.35. The lowest BCUT2D eigenvalue weighted by atomic mass is 9.58. The van der Waals surface area contributed by atoms with Gasteiger partial charge in [-0.1, -0.05) is 13.8 Å². The van der Waals surface area contributed by atoms with Gasteiger partial charge in [0.25, 0.3) is 0 Å². The summed E-state index contributed by atoms with van der Waals surface area (Å²) in [4.78, 5) is 46.8. The van der Waals surface area contributed by atoms with Crippen molar-refractivity contribution in [3.8, 4) is 0 Å². The summed E-state index contributed by atoms with van der Waals surface area (Å²) >= 11 is 0. The third-order valence-corrected chi connectivity index (χ3v) is 7.79. The van der Waals surface area contributed by atoms with Gasteiger partial charge in [-0.2, -0.15) is 0 Å². The molecule has 5 rings (SSSR count). The number of esters is 1. The van der Waals surface area contributed by atoms with Gasteiger partial charge in [-0.15, -0.1) is 0 Å². The number of hydrogen-bond acceptors (Lipinski definition) is 8. The highest BCUT2D eigenvalue weighted by molar-refractivity contribution is 5.81. The van der Waals surface area contributed by atoms with Gasteiger partial charge < -0.3 is 24.6 Å². The maximum Gasteiger partial charge on any atom is 0.308 e. The summed E-state index contributed by atoms with van der Waals surface area (Å²) in [5, 5.41) is 11.2. The zero-order valence-electron chi connectivity index (χ0n) is 19.5. The first-order valence-electron chi connectivity index (χ1n) is 12.0.